The van der Waals surface area contributed by atoms with Gasteiger partial charge in [-0.15, -0.1) is 0 Å². The number of nitrogens with zero attached hydrogens (tertiary/aromatic N) is 2. The number of aryl methyl sites for hydroxylation is 1. The third kappa shape index (κ3) is 11.6. The van der Waals surface area contributed by atoms with E-state index in [-0.39, 0.29) is 11.7 Å². The Bertz CT molecular complexity index is 1050. The Labute approximate surface area is 256 Å². The molecule has 0 radical (unpaired) electrons. The fourth-order valence-corrected chi connectivity index (χ4v) is 5.63. The first-order valence-electron chi connectivity index (χ1n) is 16.4. The summed E-state index contributed by atoms with van der Waals surface area (Å²) in [6.07, 6.45) is 14.1. The molecule has 0 amide bonds. The van der Waals surface area contributed by atoms with Gasteiger partial charge in [0.25, 0.3) is 0 Å². The van der Waals surface area contributed by atoms with Gasteiger partial charge < -0.3 is 9.47 Å². The van der Waals surface area contributed by atoms with Crippen molar-refractivity contribution in [2.45, 2.75) is 132 Å². The van der Waals surface area contributed by atoms with Crippen LogP contribution in [0.2, 0.25) is 0 Å². The molecule has 0 N–H and O–H groups in total. The van der Waals surface area contributed by atoms with E-state index in [0.717, 1.165) is 99.3 Å². The molecule has 2 heterocycles. The highest BCUT2D eigenvalue weighted by molar-refractivity contribution is 5.87. The standard InChI is InChI=1S/C32H46N2O4.2C2H6/c1-7-21(3)10-9-11-26(8-2)30-22(4)29(33-32(34-30)27-16-18-37-19-17-27)15-13-25-12-14-28(20-25)31(36)23(5)38-24(6)35;2*1-2/h8,10-11,23,25,27-28H,2,7,9,12-20H2,1,3-6H3;2*1-2H3/b21-10+,26-11+;;/t23-,25?,28?;;/m0../s1. The van der Waals surface area contributed by atoms with Gasteiger partial charge in [0.05, 0.1) is 5.69 Å². The third-order valence-electron chi connectivity index (χ3n) is 8.18. The molecule has 1 saturated carbocycles. The van der Waals surface area contributed by atoms with Gasteiger partial charge in [-0.2, -0.15) is 0 Å². The number of esters is 1. The second kappa shape index (κ2) is 20.3. The Morgan fingerprint density at radius 3 is 2.31 bits per heavy atom. The first kappa shape index (κ1) is 37.4. The minimum absolute atomic E-state index is 0.0239. The van der Waals surface area contributed by atoms with Crippen molar-refractivity contribution in [1.82, 2.24) is 9.97 Å². The normalized spacial score (nSPS) is 20.0. The van der Waals surface area contributed by atoms with Gasteiger partial charge in [-0.05, 0) is 95.6 Å². The van der Waals surface area contributed by atoms with E-state index in [2.05, 4.69) is 39.5 Å². The lowest BCUT2D eigenvalue weighted by Crippen LogP contribution is -2.28. The predicted molar refractivity (Wildman–Crippen MR) is 174 cm³/mol. The van der Waals surface area contributed by atoms with Crippen LogP contribution in [0.3, 0.4) is 0 Å². The quantitative estimate of drug-likeness (QED) is 0.139. The summed E-state index contributed by atoms with van der Waals surface area (Å²) in [5.74, 6) is 1.33. The summed E-state index contributed by atoms with van der Waals surface area (Å²) < 4.78 is 10.7. The maximum absolute atomic E-state index is 12.7. The van der Waals surface area contributed by atoms with E-state index in [1.165, 1.54) is 12.5 Å². The van der Waals surface area contributed by atoms with E-state index in [1.54, 1.807) is 6.92 Å². The molecular formula is C36H58N2O4. The van der Waals surface area contributed by atoms with Gasteiger partial charge in [0.2, 0.25) is 0 Å². The molecule has 1 aliphatic heterocycles. The molecule has 1 aliphatic carbocycles. The highest BCUT2D eigenvalue weighted by atomic mass is 16.5. The Morgan fingerprint density at radius 1 is 1.05 bits per heavy atom. The Kier molecular flexibility index (Phi) is 18.1. The van der Waals surface area contributed by atoms with E-state index >= 15 is 0 Å². The van der Waals surface area contributed by atoms with E-state index in [9.17, 15) is 9.59 Å². The van der Waals surface area contributed by atoms with Crippen LogP contribution in [0.5, 0.6) is 0 Å². The van der Waals surface area contributed by atoms with Crippen molar-refractivity contribution in [3.05, 3.63) is 53.2 Å². The van der Waals surface area contributed by atoms with E-state index < -0.39 is 12.1 Å². The molecule has 3 atom stereocenters. The lowest BCUT2D eigenvalue weighted by molar-refractivity contribution is -0.153. The SMILES string of the molecule is C=C/C(=C\C/C=C(\C)CC)c1nc(C2CCOCC2)nc(CCC2CCC(C(=O)[C@H](C)OC(C)=O)C2)c1C.CC.CC. The summed E-state index contributed by atoms with van der Waals surface area (Å²) in [7, 11) is 0. The summed E-state index contributed by atoms with van der Waals surface area (Å²) in [4.78, 5) is 34.2. The molecule has 1 saturated heterocycles. The van der Waals surface area contributed by atoms with Gasteiger partial charge in [0.1, 0.15) is 5.82 Å². The van der Waals surface area contributed by atoms with E-state index in [4.69, 9.17) is 19.4 Å². The molecule has 1 aromatic heterocycles. The van der Waals surface area contributed by atoms with Gasteiger partial charge >= 0.3 is 5.97 Å². The molecule has 2 unspecified atom stereocenters. The number of carbonyl (C=O) groups excluding carboxylic acids is 2. The zero-order chi connectivity index (χ0) is 31.7. The van der Waals surface area contributed by atoms with Crippen molar-refractivity contribution in [3.8, 4) is 0 Å². The maximum Gasteiger partial charge on any atom is 0.303 e. The van der Waals surface area contributed by atoms with Crippen LogP contribution in [0.4, 0.5) is 0 Å². The van der Waals surface area contributed by atoms with Crippen LogP contribution in [0, 0.1) is 18.8 Å². The average molecular weight is 583 g/mol. The number of allylic oxidation sites excluding steroid dienone is 5. The summed E-state index contributed by atoms with van der Waals surface area (Å²) in [5, 5.41) is 0. The molecule has 42 heavy (non-hydrogen) atoms. The molecule has 236 valence electrons. The van der Waals surface area contributed by atoms with Gasteiger partial charge in [0, 0.05) is 37.7 Å². The highest BCUT2D eigenvalue weighted by Gasteiger charge is 2.33. The molecule has 0 spiro atoms. The second-order valence-electron chi connectivity index (χ2n) is 11.0. The predicted octanol–water partition coefficient (Wildman–Crippen LogP) is 8.92. The fourth-order valence-electron chi connectivity index (χ4n) is 5.63. The molecular weight excluding hydrogens is 524 g/mol. The molecule has 0 bridgehead atoms. The van der Waals surface area contributed by atoms with Crippen molar-refractivity contribution < 1.29 is 19.1 Å². The molecule has 2 aliphatic rings. The van der Waals surface area contributed by atoms with Crippen LogP contribution < -0.4 is 0 Å². The molecule has 3 rings (SSSR count). The number of aromatic nitrogens is 2. The Hall–Kier alpha value is -2.60. The van der Waals surface area contributed by atoms with E-state index in [0.29, 0.717) is 11.8 Å². The summed E-state index contributed by atoms with van der Waals surface area (Å²) in [6, 6.07) is 0. The lowest BCUT2D eigenvalue weighted by Gasteiger charge is -2.23. The summed E-state index contributed by atoms with van der Waals surface area (Å²) in [6.45, 7) is 23.1. The van der Waals surface area contributed by atoms with Gasteiger partial charge in [0.15, 0.2) is 11.9 Å². The van der Waals surface area contributed by atoms with Crippen molar-refractivity contribution in [3.63, 3.8) is 0 Å². The minimum atomic E-state index is -0.662. The summed E-state index contributed by atoms with van der Waals surface area (Å²) in [5.41, 5.74) is 5.66. The number of Topliss-reactive ketones (excluding diaryl/α,β-unsaturated/α-hetero) is 1. The maximum atomic E-state index is 12.7. The Morgan fingerprint density at radius 2 is 1.71 bits per heavy atom. The van der Waals surface area contributed by atoms with Crippen LogP contribution >= 0.6 is 0 Å². The average Bonchev–Trinajstić information content (AvgIpc) is 3.49. The van der Waals surface area contributed by atoms with Crippen LogP contribution in [0.25, 0.3) is 5.57 Å². The lowest BCUT2D eigenvalue weighted by atomic mass is 9.93. The molecule has 6 nitrogen and oxygen atoms in total. The van der Waals surface area contributed by atoms with E-state index in [1.807, 2.05) is 33.8 Å². The van der Waals surface area contributed by atoms with Crippen LogP contribution in [0.15, 0.2) is 30.4 Å². The van der Waals surface area contributed by atoms with Crippen molar-refractivity contribution in [2.75, 3.05) is 13.2 Å². The monoisotopic (exact) mass is 582 g/mol. The third-order valence-corrected chi connectivity index (χ3v) is 8.18. The van der Waals surface area contributed by atoms with Crippen molar-refractivity contribution in [2.24, 2.45) is 11.8 Å². The first-order valence-corrected chi connectivity index (χ1v) is 16.4. The fraction of sp³-hybridized carbons (Fsp3) is 0.667. The summed E-state index contributed by atoms with van der Waals surface area (Å²) >= 11 is 0. The van der Waals surface area contributed by atoms with Crippen molar-refractivity contribution in [1.29, 1.82) is 0 Å². The second-order valence-corrected chi connectivity index (χ2v) is 11.0. The largest absolute Gasteiger partial charge is 0.455 e. The van der Waals surface area contributed by atoms with Crippen LogP contribution in [-0.2, 0) is 25.5 Å². The highest BCUT2D eigenvalue weighted by Crippen LogP contribution is 2.36. The van der Waals surface area contributed by atoms with Crippen molar-refractivity contribution >= 4 is 17.3 Å². The van der Waals surface area contributed by atoms with Gasteiger partial charge in [-0.25, -0.2) is 9.97 Å². The Balaban J connectivity index is 0.00000211. The topological polar surface area (TPSA) is 78.4 Å². The zero-order valence-electron chi connectivity index (χ0n) is 28.1. The molecule has 1 aromatic rings. The van der Waals surface area contributed by atoms with Crippen LogP contribution in [-0.4, -0.2) is 41.0 Å². The number of hydrogen-bond donors (Lipinski definition) is 0. The number of hydrogen-bond acceptors (Lipinski definition) is 6. The molecule has 0 aromatic carbocycles. The van der Waals surface area contributed by atoms with Crippen LogP contribution in [0.1, 0.15) is 135 Å². The number of carbonyl (C=O) groups is 2. The molecule has 2 fully saturated rings. The van der Waals surface area contributed by atoms with Gasteiger partial charge in [-0.3, -0.25) is 9.59 Å². The van der Waals surface area contributed by atoms with Gasteiger partial charge in [-0.1, -0.05) is 65.0 Å². The number of ketones is 1. The number of rotatable bonds is 12. The zero-order valence-corrected chi connectivity index (χ0v) is 28.1. The minimum Gasteiger partial charge on any atom is -0.455 e. The number of ether oxygens (including phenoxy) is 2. The first-order chi connectivity index (χ1) is 20.2. The molecule has 6 heteroatoms. The smallest absolute Gasteiger partial charge is 0.303 e.